The molecule has 0 radical (unpaired) electrons. The van der Waals surface area contributed by atoms with E-state index in [4.69, 9.17) is 11.6 Å². The Balaban J connectivity index is 1.61. The standard InChI is InChI=1S/C18H19ClN4O4S/c1-22(28(26,27)16-8-2-13(19)3-9-16)12-17(24)21-14-4-6-15(7-5-14)23-11-10-20-18(23)25/h2-9H,10-12H2,1H3,(H,20,25)(H,21,24). The predicted octanol–water partition coefficient (Wildman–Crippen LogP) is 2.13. The van der Waals surface area contributed by atoms with Gasteiger partial charge in [0.15, 0.2) is 0 Å². The smallest absolute Gasteiger partial charge is 0.321 e. The molecule has 1 saturated heterocycles. The molecule has 28 heavy (non-hydrogen) atoms. The fraction of sp³-hybridized carbons (Fsp3) is 0.222. The number of sulfonamides is 1. The third kappa shape index (κ3) is 4.44. The molecule has 2 aromatic rings. The first-order chi connectivity index (χ1) is 13.3. The van der Waals surface area contributed by atoms with Crippen molar-refractivity contribution in [2.75, 3.05) is 36.9 Å². The zero-order valence-corrected chi connectivity index (χ0v) is 16.6. The van der Waals surface area contributed by atoms with Crippen molar-refractivity contribution in [3.8, 4) is 0 Å². The Labute approximate surface area is 168 Å². The van der Waals surface area contributed by atoms with Crippen molar-refractivity contribution in [2.45, 2.75) is 4.90 Å². The molecule has 1 aliphatic heterocycles. The van der Waals surface area contributed by atoms with Gasteiger partial charge in [0.2, 0.25) is 15.9 Å². The normalized spacial score (nSPS) is 14.2. The summed E-state index contributed by atoms with van der Waals surface area (Å²) in [5.41, 5.74) is 1.22. The van der Waals surface area contributed by atoms with E-state index in [1.165, 1.54) is 31.3 Å². The van der Waals surface area contributed by atoms with E-state index in [-0.39, 0.29) is 17.5 Å². The molecular formula is C18H19ClN4O4S. The zero-order valence-electron chi connectivity index (χ0n) is 15.1. The molecule has 0 spiro atoms. The Kier molecular flexibility index (Phi) is 5.87. The van der Waals surface area contributed by atoms with Crippen molar-refractivity contribution < 1.29 is 18.0 Å². The van der Waals surface area contributed by atoms with Crippen LogP contribution in [0.3, 0.4) is 0 Å². The van der Waals surface area contributed by atoms with E-state index in [1.54, 1.807) is 29.2 Å². The number of hydrogen-bond acceptors (Lipinski definition) is 4. The summed E-state index contributed by atoms with van der Waals surface area (Å²) < 4.78 is 26.0. The molecule has 0 unspecified atom stereocenters. The van der Waals surface area contributed by atoms with Crippen LogP contribution in [0, 0.1) is 0 Å². The van der Waals surface area contributed by atoms with E-state index in [0.717, 1.165) is 9.99 Å². The molecule has 0 aliphatic carbocycles. The minimum Gasteiger partial charge on any atom is -0.336 e. The van der Waals surface area contributed by atoms with Crippen LogP contribution in [0.4, 0.5) is 16.2 Å². The van der Waals surface area contributed by atoms with Crippen LogP contribution in [0.1, 0.15) is 0 Å². The van der Waals surface area contributed by atoms with Crippen LogP contribution < -0.4 is 15.5 Å². The van der Waals surface area contributed by atoms with Crippen LogP contribution in [0.5, 0.6) is 0 Å². The second-order valence-corrected chi connectivity index (χ2v) is 8.67. The Hall–Kier alpha value is -2.62. The first kappa shape index (κ1) is 20.1. The monoisotopic (exact) mass is 422 g/mol. The van der Waals surface area contributed by atoms with Crippen LogP contribution in [-0.2, 0) is 14.8 Å². The van der Waals surface area contributed by atoms with Gasteiger partial charge >= 0.3 is 6.03 Å². The number of amides is 3. The summed E-state index contributed by atoms with van der Waals surface area (Å²) in [6.45, 7) is 0.824. The Morgan fingerprint density at radius 2 is 1.82 bits per heavy atom. The highest BCUT2D eigenvalue weighted by molar-refractivity contribution is 7.89. The van der Waals surface area contributed by atoms with E-state index in [9.17, 15) is 18.0 Å². The van der Waals surface area contributed by atoms with Gasteiger partial charge < -0.3 is 10.6 Å². The maximum Gasteiger partial charge on any atom is 0.321 e. The van der Waals surface area contributed by atoms with Crippen molar-refractivity contribution in [1.82, 2.24) is 9.62 Å². The lowest BCUT2D eigenvalue weighted by Gasteiger charge is -2.17. The molecule has 0 saturated carbocycles. The van der Waals surface area contributed by atoms with Gasteiger partial charge in [-0.1, -0.05) is 11.6 Å². The largest absolute Gasteiger partial charge is 0.336 e. The number of hydrogen-bond donors (Lipinski definition) is 2. The van der Waals surface area contributed by atoms with Gasteiger partial charge in [-0.3, -0.25) is 9.69 Å². The number of carbonyl (C=O) groups is 2. The Morgan fingerprint density at radius 1 is 1.18 bits per heavy atom. The number of rotatable bonds is 6. The third-order valence-corrected chi connectivity index (χ3v) is 6.28. The van der Waals surface area contributed by atoms with E-state index in [2.05, 4.69) is 10.6 Å². The molecule has 1 aliphatic rings. The van der Waals surface area contributed by atoms with Crippen molar-refractivity contribution in [3.63, 3.8) is 0 Å². The highest BCUT2D eigenvalue weighted by Gasteiger charge is 2.23. The van der Waals surface area contributed by atoms with E-state index in [1.807, 2.05) is 0 Å². The van der Waals surface area contributed by atoms with E-state index in [0.29, 0.717) is 23.8 Å². The molecule has 1 fully saturated rings. The molecule has 3 amide bonds. The maximum absolute atomic E-state index is 12.5. The highest BCUT2D eigenvalue weighted by Crippen LogP contribution is 2.20. The second kappa shape index (κ2) is 8.17. The van der Waals surface area contributed by atoms with Crippen molar-refractivity contribution in [2.24, 2.45) is 0 Å². The van der Waals surface area contributed by atoms with Gasteiger partial charge in [0, 0.05) is 36.5 Å². The van der Waals surface area contributed by atoms with Crippen LogP contribution >= 0.6 is 11.6 Å². The predicted molar refractivity (Wildman–Crippen MR) is 107 cm³/mol. The number of likely N-dealkylation sites (N-methyl/N-ethyl adjacent to an activating group) is 1. The Bertz CT molecular complexity index is 978. The number of nitrogens with one attached hydrogen (secondary N) is 2. The van der Waals surface area contributed by atoms with E-state index < -0.39 is 15.9 Å². The number of anilines is 2. The van der Waals surface area contributed by atoms with E-state index >= 15 is 0 Å². The molecule has 148 valence electrons. The SMILES string of the molecule is CN(CC(=O)Nc1ccc(N2CCNC2=O)cc1)S(=O)(=O)c1ccc(Cl)cc1. The van der Waals surface area contributed by atoms with Crippen molar-refractivity contribution in [1.29, 1.82) is 0 Å². The lowest BCUT2D eigenvalue weighted by molar-refractivity contribution is -0.116. The van der Waals surface area contributed by atoms with Gasteiger partial charge in [0.05, 0.1) is 11.4 Å². The summed E-state index contributed by atoms with van der Waals surface area (Å²) in [7, 11) is -2.47. The number of benzene rings is 2. The highest BCUT2D eigenvalue weighted by atomic mass is 35.5. The quantitative estimate of drug-likeness (QED) is 0.744. The summed E-state index contributed by atoms with van der Waals surface area (Å²) in [5.74, 6) is -0.480. The van der Waals surface area contributed by atoms with Gasteiger partial charge in [-0.2, -0.15) is 4.31 Å². The lowest BCUT2D eigenvalue weighted by Crippen LogP contribution is -2.35. The summed E-state index contributed by atoms with van der Waals surface area (Å²) in [5, 5.41) is 5.79. The third-order valence-electron chi connectivity index (χ3n) is 4.21. The average Bonchev–Trinajstić information content (AvgIpc) is 3.08. The van der Waals surface area contributed by atoms with Crippen LogP contribution in [0.25, 0.3) is 0 Å². The summed E-state index contributed by atoms with van der Waals surface area (Å²) in [6, 6.07) is 12.3. The minimum absolute atomic E-state index is 0.0560. The van der Waals surface area contributed by atoms with Gasteiger partial charge in [0.1, 0.15) is 0 Å². The summed E-state index contributed by atoms with van der Waals surface area (Å²) in [4.78, 5) is 25.6. The lowest BCUT2D eigenvalue weighted by atomic mass is 10.2. The van der Waals surface area contributed by atoms with Gasteiger partial charge in [0.25, 0.3) is 0 Å². The zero-order chi connectivity index (χ0) is 20.3. The fourth-order valence-electron chi connectivity index (χ4n) is 2.72. The molecule has 3 rings (SSSR count). The molecule has 10 heteroatoms. The van der Waals surface area contributed by atoms with Crippen LogP contribution in [0.15, 0.2) is 53.4 Å². The molecule has 0 aromatic heterocycles. The number of carbonyl (C=O) groups excluding carboxylic acids is 2. The van der Waals surface area contributed by atoms with Gasteiger partial charge in [-0.05, 0) is 48.5 Å². The number of halogens is 1. The van der Waals surface area contributed by atoms with Crippen molar-refractivity contribution >= 4 is 44.9 Å². The summed E-state index contributed by atoms with van der Waals surface area (Å²) >= 11 is 5.78. The molecule has 8 nitrogen and oxygen atoms in total. The molecule has 0 atom stereocenters. The van der Waals surface area contributed by atoms with Crippen LogP contribution in [0.2, 0.25) is 5.02 Å². The molecular weight excluding hydrogens is 404 g/mol. The first-order valence-corrected chi connectivity index (χ1v) is 10.3. The second-order valence-electron chi connectivity index (χ2n) is 6.19. The molecule has 0 bridgehead atoms. The fourth-order valence-corrected chi connectivity index (χ4v) is 3.97. The minimum atomic E-state index is -3.80. The van der Waals surface area contributed by atoms with Gasteiger partial charge in [-0.15, -0.1) is 0 Å². The van der Waals surface area contributed by atoms with Gasteiger partial charge in [-0.25, -0.2) is 13.2 Å². The number of nitrogens with zero attached hydrogens (tertiary/aromatic N) is 2. The topological polar surface area (TPSA) is 98.8 Å². The number of urea groups is 1. The Morgan fingerprint density at radius 3 is 2.39 bits per heavy atom. The summed E-state index contributed by atoms with van der Waals surface area (Å²) in [6.07, 6.45) is 0. The molecule has 2 N–H and O–H groups in total. The molecule has 1 heterocycles. The average molecular weight is 423 g/mol. The maximum atomic E-state index is 12.5. The van der Waals surface area contributed by atoms with Crippen molar-refractivity contribution in [3.05, 3.63) is 53.6 Å². The van der Waals surface area contributed by atoms with Crippen LogP contribution in [-0.4, -0.2) is 51.3 Å². The molecule has 2 aromatic carbocycles. The first-order valence-electron chi connectivity index (χ1n) is 8.44.